The maximum atomic E-state index is 10.9. The van der Waals surface area contributed by atoms with Crippen LogP contribution in [0.3, 0.4) is 0 Å². The van der Waals surface area contributed by atoms with E-state index in [4.69, 9.17) is 4.74 Å². The second-order valence-corrected chi connectivity index (χ2v) is 15.3. The van der Waals surface area contributed by atoms with E-state index in [-0.39, 0.29) is 23.2 Å². The summed E-state index contributed by atoms with van der Waals surface area (Å²) in [4.78, 5) is 0. The molecule has 5 aliphatic rings. The molecule has 4 aliphatic carbocycles. The third-order valence-corrected chi connectivity index (χ3v) is 13.3. The van der Waals surface area contributed by atoms with Crippen molar-refractivity contribution in [3.05, 3.63) is 0 Å². The molecule has 0 aromatic rings. The Morgan fingerprint density at radius 2 is 1.36 bits per heavy atom. The van der Waals surface area contributed by atoms with Crippen LogP contribution in [0.1, 0.15) is 120 Å². The first kappa shape index (κ1) is 24.6. The zero-order valence-corrected chi connectivity index (χ0v) is 22.8. The molecular weight excluding hydrogens is 408 g/mol. The Labute approximate surface area is 203 Å². The van der Waals surface area contributed by atoms with E-state index < -0.39 is 5.60 Å². The van der Waals surface area contributed by atoms with Crippen LogP contribution in [-0.4, -0.2) is 33.6 Å². The summed E-state index contributed by atoms with van der Waals surface area (Å²) in [5.74, 6) is 2.73. The van der Waals surface area contributed by atoms with E-state index in [1.807, 2.05) is 13.8 Å². The van der Waals surface area contributed by atoms with Crippen LogP contribution in [0.5, 0.6) is 0 Å². The van der Waals surface area contributed by atoms with Crippen molar-refractivity contribution in [3.63, 3.8) is 0 Å². The smallest absolute Gasteiger partial charge is 0.0865 e. The summed E-state index contributed by atoms with van der Waals surface area (Å²) in [6, 6.07) is 0. The largest absolute Gasteiger partial charge is 0.393 e. The van der Waals surface area contributed by atoms with Crippen LogP contribution >= 0.6 is 0 Å². The summed E-state index contributed by atoms with van der Waals surface area (Å²) in [5.41, 5.74) is 0.277. The van der Waals surface area contributed by atoms with Gasteiger partial charge in [0.25, 0.3) is 0 Å². The van der Waals surface area contributed by atoms with Crippen LogP contribution in [0.2, 0.25) is 0 Å². The standard InChI is InChI=1S/C30H52O3/c1-25(2)21-12-17-29(7)22(27(21,5)15-13-23(25)31)10-9-19-20(11-16-28(19,29)6)30(8)18-14-24(33-30)26(3,4)32/h19-24,31-32H,9-18H2,1-8H3/t19-,20+,21+,22-,23+,24+,27+,28-,29-,30+/m0/s1. The fraction of sp³-hybridized carbons (Fsp3) is 1.00. The average Bonchev–Trinajstić information content (AvgIpc) is 3.27. The van der Waals surface area contributed by atoms with Crippen molar-refractivity contribution >= 4 is 0 Å². The first-order valence-electron chi connectivity index (χ1n) is 14.2. The van der Waals surface area contributed by atoms with Crippen molar-refractivity contribution in [3.8, 4) is 0 Å². The van der Waals surface area contributed by atoms with Crippen molar-refractivity contribution in [2.24, 2.45) is 45.3 Å². The SMILES string of the molecule is CC(C)(O)[C@H]1CC[C@](C)([C@@H]2CC[C@@]3(C)[C@H]2CC[C@H]2[C@]4(C)CC[C@@H](O)C(C)(C)[C@H]4CC[C@@]23C)O1. The van der Waals surface area contributed by atoms with Crippen molar-refractivity contribution in [2.75, 3.05) is 0 Å². The molecule has 1 heterocycles. The fourth-order valence-corrected chi connectivity index (χ4v) is 11.1. The second kappa shape index (κ2) is 7.22. The third kappa shape index (κ3) is 3.16. The van der Waals surface area contributed by atoms with E-state index >= 15 is 0 Å². The lowest BCUT2D eigenvalue weighted by atomic mass is 9.35. The maximum Gasteiger partial charge on any atom is 0.0865 e. The summed E-state index contributed by atoms with van der Waals surface area (Å²) in [7, 11) is 0. The number of rotatable bonds is 2. The normalized spacial score (nSPS) is 56.2. The van der Waals surface area contributed by atoms with Crippen LogP contribution in [0.4, 0.5) is 0 Å². The molecule has 0 radical (unpaired) electrons. The van der Waals surface area contributed by atoms with Gasteiger partial charge in [0.05, 0.1) is 23.4 Å². The molecular formula is C30H52O3. The van der Waals surface area contributed by atoms with E-state index in [2.05, 4.69) is 41.5 Å². The van der Waals surface area contributed by atoms with Gasteiger partial charge in [0.1, 0.15) is 0 Å². The minimum Gasteiger partial charge on any atom is -0.393 e. The first-order valence-corrected chi connectivity index (χ1v) is 14.2. The van der Waals surface area contributed by atoms with E-state index in [0.717, 1.165) is 31.1 Å². The zero-order chi connectivity index (χ0) is 24.2. The van der Waals surface area contributed by atoms with E-state index in [0.29, 0.717) is 28.1 Å². The highest BCUT2D eigenvalue weighted by molar-refractivity contribution is 5.18. The van der Waals surface area contributed by atoms with Crippen LogP contribution in [-0.2, 0) is 4.74 Å². The Morgan fingerprint density at radius 3 is 2.00 bits per heavy atom. The molecule has 0 aromatic carbocycles. The Balaban J connectivity index is 1.44. The lowest BCUT2D eigenvalue weighted by Gasteiger charge is -2.70. The molecule has 2 N–H and O–H groups in total. The Morgan fingerprint density at radius 1 is 0.697 bits per heavy atom. The van der Waals surface area contributed by atoms with E-state index in [1.165, 1.54) is 44.9 Å². The van der Waals surface area contributed by atoms with Gasteiger partial charge in [-0.25, -0.2) is 0 Å². The molecule has 5 fully saturated rings. The predicted molar refractivity (Wildman–Crippen MR) is 134 cm³/mol. The Kier molecular flexibility index (Phi) is 5.38. The van der Waals surface area contributed by atoms with Crippen molar-refractivity contribution in [1.29, 1.82) is 0 Å². The van der Waals surface area contributed by atoms with Crippen molar-refractivity contribution in [2.45, 2.75) is 143 Å². The first-order chi connectivity index (χ1) is 15.1. The molecule has 0 bridgehead atoms. The van der Waals surface area contributed by atoms with Crippen LogP contribution in [0.25, 0.3) is 0 Å². The average molecular weight is 461 g/mol. The van der Waals surface area contributed by atoms with Gasteiger partial charge in [0.2, 0.25) is 0 Å². The number of aliphatic hydroxyl groups is 2. The van der Waals surface area contributed by atoms with E-state index in [9.17, 15) is 10.2 Å². The number of ether oxygens (including phenoxy) is 1. The van der Waals surface area contributed by atoms with Gasteiger partial charge in [-0.15, -0.1) is 0 Å². The van der Waals surface area contributed by atoms with Crippen LogP contribution < -0.4 is 0 Å². The monoisotopic (exact) mass is 460 g/mol. The molecule has 1 aliphatic heterocycles. The molecule has 0 spiro atoms. The van der Waals surface area contributed by atoms with Crippen LogP contribution in [0, 0.1) is 45.3 Å². The molecule has 33 heavy (non-hydrogen) atoms. The van der Waals surface area contributed by atoms with E-state index in [1.54, 1.807) is 0 Å². The highest BCUT2D eigenvalue weighted by Gasteiger charge is 2.70. The summed E-state index contributed by atoms with van der Waals surface area (Å²) >= 11 is 0. The maximum absolute atomic E-state index is 10.9. The van der Waals surface area contributed by atoms with Gasteiger partial charge in [-0.3, -0.25) is 0 Å². The summed E-state index contributed by atoms with van der Waals surface area (Å²) in [5, 5.41) is 21.5. The minimum atomic E-state index is -0.755. The molecule has 5 rings (SSSR count). The zero-order valence-electron chi connectivity index (χ0n) is 22.8. The quantitative estimate of drug-likeness (QED) is 0.480. The van der Waals surface area contributed by atoms with Gasteiger partial charge in [0.15, 0.2) is 0 Å². The molecule has 190 valence electrons. The Bertz CT molecular complexity index is 784. The van der Waals surface area contributed by atoms with Gasteiger partial charge < -0.3 is 14.9 Å². The highest BCUT2D eigenvalue weighted by Crippen LogP contribution is 2.76. The lowest BCUT2D eigenvalue weighted by Crippen LogP contribution is -2.64. The molecule has 0 amide bonds. The van der Waals surface area contributed by atoms with Gasteiger partial charge in [-0.1, -0.05) is 34.6 Å². The third-order valence-electron chi connectivity index (χ3n) is 13.3. The van der Waals surface area contributed by atoms with Crippen LogP contribution in [0.15, 0.2) is 0 Å². The van der Waals surface area contributed by atoms with Gasteiger partial charge in [-0.05, 0) is 130 Å². The second-order valence-electron chi connectivity index (χ2n) is 15.3. The van der Waals surface area contributed by atoms with Crippen molar-refractivity contribution < 1.29 is 14.9 Å². The fourth-order valence-electron chi connectivity index (χ4n) is 11.1. The molecule has 3 nitrogen and oxygen atoms in total. The van der Waals surface area contributed by atoms with Gasteiger partial charge in [0, 0.05) is 0 Å². The van der Waals surface area contributed by atoms with Crippen molar-refractivity contribution in [1.82, 2.24) is 0 Å². The molecule has 4 saturated carbocycles. The molecule has 3 heteroatoms. The summed E-state index contributed by atoms with van der Waals surface area (Å²) < 4.78 is 6.73. The number of hydrogen-bond donors (Lipinski definition) is 2. The molecule has 1 saturated heterocycles. The van der Waals surface area contributed by atoms with Gasteiger partial charge >= 0.3 is 0 Å². The lowest BCUT2D eigenvalue weighted by molar-refractivity contribution is -0.227. The highest BCUT2D eigenvalue weighted by atomic mass is 16.5. The predicted octanol–water partition coefficient (Wildman–Crippen LogP) is 6.74. The topological polar surface area (TPSA) is 49.7 Å². The molecule has 10 atom stereocenters. The summed E-state index contributed by atoms with van der Waals surface area (Å²) in [6.45, 7) is 18.8. The summed E-state index contributed by atoms with van der Waals surface area (Å²) in [6.07, 6.45) is 11.9. The minimum absolute atomic E-state index is 0.0293. The molecule has 0 aromatic heterocycles. The number of fused-ring (bicyclic) bond motifs is 5. The molecule has 0 unspecified atom stereocenters. The number of hydrogen-bond acceptors (Lipinski definition) is 3. The van der Waals surface area contributed by atoms with Gasteiger partial charge in [-0.2, -0.15) is 0 Å². The Hall–Kier alpha value is -0.120. The number of aliphatic hydroxyl groups excluding tert-OH is 1.